The van der Waals surface area contributed by atoms with Gasteiger partial charge in [0, 0.05) is 31.4 Å². The second-order valence-electron chi connectivity index (χ2n) is 5.40. The average Bonchev–Trinajstić information content (AvgIpc) is 2.40. The topological polar surface area (TPSA) is 24.5 Å². The van der Waals surface area contributed by atoms with Gasteiger partial charge in [-0.1, -0.05) is 6.07 Å². The van der Waals surface area contributed by atoms with E-state index in [1.165, 1.54) is 28.8 Å². The quantitative estimate of drug-likeness (QED) is 0.824. The second kappa shape index (κ2) is 4.90. The SMILES string of the molecule is Cc1cc2c(cc1C)C(N1CCOCC1)CCN2. The van der Waals surface area contributed by atoms with Crippen molar-refractivity contribution >= 4 is 5.69 Å². The number of morpholine rings is 1. The molecule has 18 heavy (non-hydrogen) atoms. The number of anilines is 1. The third-order valence-corrected chi connectivity index (χ3v) is 4.24. The van der Waals surface area contributed by atoms with E-state index in [0.717, 1.165) is 32.8 Å². The van der Waals surface area contributed by atoms with Crippen LogP contribution < -0.4 is 5.32 Å². The van der Waals surface area contributed by atoms with Gasteiger partial charge < -0.3 is 10.1 Å². The molecule has 0 spiro atoms. The van der Waals surface area contributed by atoms with Crippen LogP contribution in [0.2, 0.25) is 0 Å². The Labute approximate surface area is 109 Å². The molecule has 0 radical (unpaired) electrons. The molecule has 1 atom stereocenters. The average molecular weight is 246 g/mol. The van der Waals surface area contributed by atoms with Gasteiger partial charge in [-0.05, 0) is 43.0 Å². The van der Waals surface area contributed by atoms with Crippen LogP contribution in [0.15, 0.2) is 12.1 Å². The van der Waals surface area contributed by atoms with E-state index >= 15 is 0 Å². The van der Waals surface area contributed by atoms with Crippen LogP contribution in [0.25, 0.3) is 0 Å². The molecule has 0 saturated carbocycles. The van der Waals surface area contributed by atoms with Gasteiger partial charge in [0.05, 0.1) is 13.2 Å². The van der Waals surface area contributed by atoms with Crippen molar-refractivity contribution in [2.45, 2.75) is 26.3 Å². The molecular weight excluding hydrogens is 224 g/mol. The molecule has 1 aromatic rings. The first-order valence-corrected chi connectivity index (χ1v) is 6.92. The Morgan fingerprint density at radius 2 is 1.89 bits per heavy atom. The summed E-state index contributed by atoms with van der Waals surface area (Å²) in [6.45, 7) is 9.37. The number of hydrogen-bond donors (Lipinski definition) is 1. The Balaban J connectivity index is 1.92. The Bertz CT molecular complexity index is 438. The fourth-order valence-corrected chi connectivity index (χ4v) is 3.03. The van der Waals surface area contributed by atoms with E-state index in [9.17, 15) is 0 Å². The summed E-state index contributed by atoms with van der Waals surface area (Å²) >= 11 is 0. The van der Waals surface area contributed by atoms with E-state index in [1.54, 1.807) is 0 Å². The summed E-state index contributed by atoms with van der Waals surface area (Å²) in [4.78, 5) is 2.58. The minimum absolute atomic E-state index is 0.574. The number of hydrogen-bond acceptors (Lipinski definition) is 3. The molecule has 3 nitrogen and oxygen atoms in total. The van der Waals surface area contributed by atoms with E-state index < -0.39 is 0 Å². The van der Waals surface area contributed by atoms with Gasteiger partial charge in [0.25, 0.3) is 0 Å². The molecular formula is C15H22N2O. The van der Waals surface area contributed by atoms with Crippen LogP contribution in [-0.4, -0.2) is 37.7 Å². The van der Waals surface area contributed by atoms with Crippen LogP contribution in [0.3, 0.4) is 0 Å². The Hall–Kier alpha value is -1.06. The molecule has 0 aliphatic carbocycles. The Kier molecular flexibility index (Phi) is 3.27. The Morgan fingerprint density at radius 1 is 1.17 bits per heavy atom. The highest BCUT2D eigenvalue weighted by atomic mass is 16.5. The molecule has 1 saturated heterocycles. The van der Waals surface area contributed by atoms with E-state index in [2.05, 4.69) is 36.2 Å². The summed E-state index contributed by atoms with van der Waals surface area (Å²) in [5, 5.41) is 3.54. The lowest BCUT2D eigenvalue weighted by Crippen LogP contribution is -2.41. The van der Waals surface area contributed by atoms with Crippen molar-refractivity contribution < 1.29 is 4.74 Å². The van der Waals surface area contributed by atoms with Crippen LogP contribution in [0.1, 0.15) is 29.2 Å². The van der Waals surface area contributed by atoms with E-state index in [-0.39, 0.29) is 0 Å². The molecule has 3 rings (SSSR count). The number of benzene rings is 1. The number of rotatable bonds is 1. The van der Waals surface area contributed by atoms with Crippen molar-refractivity contribution in [3.8, 4) is 0 Å². The lowest BCUT2D eigenvalue weighted by atomic mass is 9.92. The van der Waals surface area contributed by atoms with E-state index in [4.69, 9.17) is 4.74 Å². The molecule has 0 aromatic heterocycles. The minimum Gasteiger partial charge on any atom is -0.385 e. The highest BCUT2D eigenvalue weighted by Gasteiger charge is 2.27. The van der Waals surface area contributed by atoms with Gasteiger partial charge in [0.15, 0.2) is 0 Å². The lowest BCUT2D eigenvalue weighted by molar-refractivity contribution is 0.0144. The molecule has 98 valence electrons. The smallest absolute Gasteiger partial charge is 0.0594 e. The first-order chi connectivity index (χ1) is 8.75. The zero-order chi connectivity index (χ0) is 12.5. The largest absolute Gasteiger partial charge is 0.385 e. The monoisotopic (exact) mass is 246 g/mol. The molecule has 2 aliphatic heterocycles. The van der Waals surface area contributed by atoms with Crippen molar-refractivity contribution in [2.24, 2.45) is 0 Å². The van der Waals surface area contributed by atoms with Crippen molar-refractivity contribution in [2.75, 3.05) is 38.2 Å². The summed E-state index contributed by atoms with van der Waals surface area (Å²) in [5.74, 6) is 0. The fourth-order valence-electron chi connectivity index (χ4n) is 3.03. The van der Waals surface area contributed by atoms with Crippen LogP contribution in [0.5, 0.6) is 0 Å². The molecule has 0 amide bonds. The zero-order valence-corrected chi connectivity index (χ0v) is 11.3. The number of ether oxygens (including phenoxy) is 1. The maximum atomic E-state index is 5.46. The summed E-state index contributed by atoms with van der Waals surface area (Å²) in [5.41, 5.74) is 5.59. The Morgan fingerprint density at radius 3 is 2.67 bits per heavy atom. The molecule has 0 bridgehead atoms. The summed E-state index contributed by atoms with van der Waals surface area (Å²) in [6.07, 6.45) is 1.20. The normalized spacial score (nSPS) is 24.4. The molecule has 2 aliphatic rings. The zero-order valence-electron chi connectivity index (χ0n) is 11.3. The van der Waals surface area contributed by atoms with E-state index in [0.29, 0.717) is 6.04 Å². The number of nitrogens with zero attached hydrogens (tertiary/aromatic N) is 1. The van der Waals surface area contributed by atoms with E-state index in [1.807, 2.05) is 0 Å². The maximum Gasteiger partial charge on any atom is 0.0594 e. The van der Waals surface area contributed by atoms with Gasteiger partial charge in [0.2, 0.25) is 0 Å². The summed E-state index contributed by atoms with van der Waals surface area (Å²) in [7, 11) is 0. The van der Waals surface area contributed by atoms with Crippen LogP contribution in [0.4, 0.5) is 5.69 Å². The first kappa shape index (κ1) is 12.0. The van der Waals surface area contributed by atoms with Crippen molar-refractivity contribution in [3.05, 3.63) is 28.8 Å². The van der Waals surface area contributed by atoms with Crippen LogP contribution in [-0.2, 0) is 4.74 Å². The highest BCUT2D eigenvalue weighted by molar-refractivity contribution is 5.58. The molecule has 1 unspecified atom stereocenters. The molecule has 1 N–H and O–H groups in total. The van der Waals surface area contributed by atoms with Gasteiger partial charge in [-0.15, -0.1) is 0 Å². The van der Waals surface area contributed by atoms with Gasteiger partial charge in [-0.25, -0.2) is 0 Å². The van der Waals surface area contributed by atoms with Crippen molar-refractivity contribution in [1.29, 1.82) is 0 Å². The molecule has 1 aromatic carbocycles. The predicted octanol–water partition coefficient (Wildman–Crippen LogP) is 2.49. The van der Waals surface area contributed by atoms with Crippen LogP contribution in [0, 0.1) is 13.8 Å². The standard InChI is InChI=1S/C15H22N2O/c1-11-9-13-14(10-12(11)2)16-4-3-15(13)17-5-7-18-8-6-17/h9-10,15-16H,3-8H2,1-2H3. The van der Waals surface area contributed by atoms with Crippen LogP contribution >= 0.6 is 0 Å². The van der Waals surface area contributed by atoms with Crippen molar-refractivity contribution in [3.63, 3.8) is 0 Å². The van der Waals surface area contributed by atoms with Gasteiger partial charge in [-0.3, -0.25) is 4.90 Å². The summed E-state index contributed by atoms with van der Waals surface area (Å²) in [6, 6.07) is 5.25. The third kappa shape index (κ3) is 2.13. The second-order valence-corrected chi connectivity index (χ2v) is 5.40. The van der Waals surface area contributed by atoms with Gasteiger partial charge in [-0.2, -0.15) is 0 Å². The van der Waals surface area contributed by atoms with Gasteiger partial charge >= 0.3 is 0 Å². The maximum absolute atomic E-state index is 5.46. The highest BCUT2D eigenvalue weighted by Crippen LogP contribution is 2.36. The predicted molar refractivity (Wildman–Crippen MR) is 74.2 cm³/mol. The lowest BCUT2D eigenvalue weighted by Gasteiger charge is -2.38. The number of fused-ring (bicyclic) bond motifs is 1. The molecule has 2 heterocycles. The van der Waals surface area contributed by atoms with Gasteiger partial charge in [0.1, 0.15) is 0 Å². The molecule has 1 fully saturated rings. The number of nitrogens with one attached hydrogen (secondary N) is 1. The number of aryl methyl sites for hydroxylation is 2. The minimum atomic E-state index is 0.574. The third-order valence-electron chi connectivity index (χ3n) is 4.24. The fraction of sp³-hybridized carbons (Fsp3) is 0.600. The molecule has 3 heteroatoms. The first-order valence-electron chi connectivity index (χ1n) is 6.92. The summed E-state index contributed by atoms with van der Waals surface area (Å²) < 4.78 is 5.46. The van der Waals surface area contributed by atoms with Crippen molar-refractivity contribution in [1.82, 2.24) is 4.90 Å².